The zero-order valence-electron chi connectivity index (χ0n) is 12.3. The van der Waals surface area contributed by atoms with Crippen molar-refractivity contribution in [2.24, 2.45) is 0 Å². The Morgan fingerprint density at radius 2 is 2.20 bits per heavy atom. The van der Waals surface area contributed by atoms with E-state index in [0.717, 1.165) is 22.6 Å². The topological polar surface area (TPSA) is 57.8 Å². The summed E-state index contributed by atoms with van der Waals surface area (Å²) >= 11 is 0. The van der Waals surface area contributed by atoms with Crippen molar-refractivity contribution < 1.29 is 9.90 Å². The average Bonchev–Trinajstić information content (AvgIpc) is 2.74. The maximum Gasteiger partial charge on any atom is 0.228 e. The molecule has 0 aliphatic rings. The summed E-state index contributed by atoms with van der Waals surface area (Å²) in [5.74, 6) is 0.0213. The second-order valence-corrected chi connectivity index (χ2v) is 4.90. The molecule has 0 bridgehead atoms. The number of carbonyl (C=O) groups excluding carboxylic acids is 1. The second kappa shape index (κ2) is 6.05. The number of amides is 1. The van der Waals surface area contributed by atoms with Gasteiger partial charge in [-0.15, -0.1) is 0 Å². The molecule has 2 aromatic heterocycles. The fourth-order valence-corrected chi connectivity index (χ4v) is 2.41. The Balaban J connectivity index is 2.32. The number of hydrogen-bond acceptors (Lipinski definition) is 3. The molecule has 108 valence electrons. The Hall–Kier alpha value is -1.88. The zero-order chi connectivity index (χ0) is 14.7. The molecule has 0 aromatic carbocycles. The van der Waals surface area contributed by atoms with Gasteiger partial charge in [-0.3, -0.25) is 4.79 Å². The number of hydrogen-bond donors (Lipinski definition) is 1. The normalized spacial score (nSPS) is 11.0. The summed E-state index contributed by atoms with van der Waals surface area (Å²) in [4.78, 5) is 18.5. The predicted molar refractivity (Wildman–Crippen MR) is 77.7 cm³/mol. The van der Waals surface area contributed by atoms with E-state index in [1.165, 1.54) is 0 Å². The lowest BCUT2D eigenvalue weighted by Gasteiger charge is -2.19. The summed E-state index contributed by atoms with van der Waals surface area (Å²) in [5, 5.41) is 8.99. The first-order chi connectivity index (χ1) is 9.58. The minimum atomic E-state index is -0.00910. The molecule has 0 atom stereocenters. The molecule has 0 aliphatic carbocycles. The van der Waals surface area contributed by atoms with Crippen molar-refractivity contribution in [3.63, 3.8) is 0 Å². The van der Waals surface area contributed by atoms with Crippen LogP contribution in [0.15, 0.2) is 18.3 Å². The Kier molecular flexibility index (Phi) is 4.39. The summed E-state index contributed by atoms with van der Waals surface area (Å²) in [7, 11) is 0. The molecule has 20 heavy (non-hydrogen) atoms. The van der Waals surface area contributed by atoms with Gasteiger partial charge < -0.3 is 14.4 Å². The fourth-order valence-electron chi connectivity index (χ4n) is 2.41. The van der Waals surface area contributed by atoms with E-state index in [9.17, 15) is 4.79 Å². The van der Waals surface area contributed by atoms with Gasteiger partial charge in [0.15, 0.2) is 0 Å². The first-order valence-corrected chi connectivity index (χ1v) is 6.90. The lowest BCUT2D eigenvalue weighted by molar-refractivity contribution is -0.130. The number of rotatable bonds is 5. The monoisotopic (exact) mass is 275 g/mol. The van der Waals surface area contributed by atoms with Crippen LogP contribution in [0.4, 0.5) is 0 Å². The van der Waals surface area contributed by atoms with Gasteiger partial charge in [-0.1, -0.05) is 6.07 Å². The van der Waals surface area contributed by atoms with Crippen molar-refractivity contribution in [3.8, 4) is 0 Å². The zero-order valence-corrected chi connectivity index (χ0v) is 12.3. The third-order valence-corrected chi connectivity index (χ3v) is 3.57. The number of nitrogens with zero attached hydrogens (tertiary/aromatic N) is 3. The van der Waals surface area contributed by atoms with Crippen molar-refractivity contribution in [2.75, 3.05) is 19.7 Å². The minimum Gasteiger partial charge on any atom is -0.395 e. The molecule has 0 saturated heterocycles. The molecule has 0 radical (unpaired) electrons. The van der Waals surface area contributed by atoms with E-state index >= 15 is 0 Å². The summed E-state index contributed by atoms with van der Waals surface area (Å²) in [5.41, 5.74) is 3.80. The maximum atomic E-state index is 12.3. The molecule has 0 spiro atoms. The summed E-state index contributed by atoms with van der Waals surface area (Å²) in [6, 6.07) is 3.97. The predicted octanol–water partition coefficient (Wildman–Crippen LogP) is 1.33. The van der Waals surface area contributed by atoms with Crippen molar-refractivity contribution in [3.05, 3.63) is 35.3 Å². The van der Waals surface area contributed by atoms with E-state index in [1.807, 2.05) is 43.5 Å². The van der Waals surface area contributed by atoms with E-state index in [0.29, 0.717) is 19.5 Å². The van der Waals surface area contributed by atoms with Crippen LogP contribution in [0.1, 0.15) is 23.9 Å². The van der Waals surface area contributed by atoms with Crippen LogP contribution in [0.25, 0.3) is 5.65 Å². The maximum absolute atomic E-state index is 12.3. The van der Waals surface area contributed by atoms with Gasteiger partial charge >= 0.3 is 0 Å². The van der Waals surface area contributed by atoms with E-state index in [-0.39, 0.29) is 12.5 Å². The van der Waals surface area contributed by atoms with E-state index < -0.39 is 0 Å². The third kappa shape index (κ3) is 2.67. The number of aliphatic hydroxyl groups excluding tert-OH is 1. The van der Waals surface area contributed by atoms with Crippen LogP contribution in [0, 0.1) is 13.8 Å². The Morgan fingerprint density at radius 1 is 1.45 bits per heavy atom. The van der Waals surface area contributed by atoms with Gasteiger partial charge in [0, 0.05) is 19.3 Å². The Morgan fingerprint density at radius 3 is 2.85 bits per heavy atom. The number of carbonyl (C=O) groups is 1. The molecule has 0 fully saturated rings. The smallest absolute Gasteiger partial charge is 0.228 e. The molecule has 5 heteroatoms. The van der Waals surface area contributed by atoms with Crippen molar-refractivity contribution in [1.29, 1.82) is 0 Å². The van der Waals surface area contributed by atoms with E-state index in [2.05, 4.69) is 4.98 Å². The number of pyridine rings is 1. The van der Waals surface area contributed by atoms with Gasteiger partial charge in [-0.2, -0.15) is 0 Å². The van der Waals surface area contributed by atoms with Gasteiger partial charge in [-0.05, 0) is 32.4 Å². The van der Waals surface area contributed by atoms with Gasteiger partial charge in [0.1, 0.15) is 5.65 Å². The molecule has 5 nitrogen and oxygen atoms in total. The highest BCUT2D eigenvalue weighted by molar-refractivity contribution is 5.79. The van der Waals surface area contributed by atoms with Crippen LogP contribution in [-0.4, -0.2) is 45.0 Å². The number of aryl methyl sites for hydroxylation is 2. The van der Waals surface area contributed by atoms with Crippen LogP contribution in [-0.2, 0) is 11.2 Å². The van der Waals surface area contributed by atoms with Crippen LogP contribution in [0.2, 0.25) is 0 Å². The standard InChI is InChI=1S/C15H21N3O2/c1-4-17(8-9-19)14(20)10-13-12(3)16-15-11(2)6-5-7-18(13)15/h5-7,19H,4,8-10H2,1-3H3. The van der Waals surface area contributed by atoms with E-state index in [1.54, 1.807) is 4.90 Å². The average molecular weight is 275 g/mol. The highest BCUT2D eigenvalue weighted by atomic mass is 16.3. The van der Waals surface area contributed by atoms with Gasteiger partial charge in [0.2, 0.25) is 5.91 Å². The SMILES string of the molecule is CCN(CCO)C(=O)Cc1c(C)nc2c(C)cccn12. The van der Waals surface area contributed by atoms with Gasteiger partial charge in [-0.25, -0.2) is 4.98 Å². The molecule has 1 N–H and O–H groups in total. The molecule has 2 rings (SSSR count). The van der Waals surface area contributed by atoms with Crippen molar-refractivity contribution >= 4 is 11.6 Å². The first-order valence-electron chi connectivity index (χ1n) is 6.90. The van der Waals surface area contributed by atoms with Crippen molar-refractivity contribution in [1.82, 2.24) is 14.3 Å². The minimum absolute atomic E-state index is 0.00910. The largest absolute Gasteiger partial charge is 0.395 e. The second-order valence-electron chi connectivity index (χ2n) is 4.90. The molecule has 1 amide bonds. The van der Waals surface area contributed by atoms with Crippen LogP contribution in [0.5, 0.6) is 0 Å². The molecule has 2 heterocycles. The van der Waals surface area contributed by atoms with Gasteiger partial charge in [0.25, 0.3) is 0 Å². The van der Waals surface area contributed by atoms with Crippen molar-refractivity contribution in [2.45, 2.75) is 27.2 Å². The number of fused-ring (bicyclic) bond motifs is 1. The van der Waals surface area contributed by atoms with Gasteiger partial charge in [0.05, 0.1) is 24.4 Å². The van der Waals surface area contributed by atoms with Crippen LogP contribution in [0.3, 0.4) is 0 Å². The Bertz CT molecular complexity index is 619. The number of likely N-dealkylation sites (N-methyl/N-ethyl adjacent to an activating group) is 1. The molecule has 0 aliphatic heterocycles. The molecule has 0 unspecified atom stereocenters. The molecule has 0 saturated carbocycles. The quantitative estimate of drug-likeness (QED) is 0.895. The highest BCUT2D eigenvalue weighted by Crippen LogP contribution is 2.16. The summed E-state index contributed by atoms with van der Waals surface area (Å²) in [6.45, 7) is 6.83. The summed E-state index contributed by atoms with van der Waals surface area (Å²) < 4.78 is 1.98. The molecule has 2 aromatic rings. The first kappa shape index (κ1) is 14.5. The number of aliphatic hydroxyl groups is 1. The van der Waals surface area contributed by atoms with Crippen LogP contribution >= 0.6 is 0 Å². The third-order valence-electron chi connectivity index (χ3n) is 3.57. The summed E-state index contributed by atoms with van der Waals surface area (Å²) in [6.07, 6.45) is 2.25. The number of imidazole rings is 1. The number of aromatic nitrogens is 2. The molecular formula is C15H21N3O2. The molecular weight excluding hydrogens is 254 g/mol. The lowest BCUT2D eigenvalue weighted by Crippen LogP contribution is -2.34. The lowest BCUT2D eigenvalue weighted by atomic mass is 10.2. The van der Waals surface area contributed by atoms with E-state index in [4.69, 9.17) is 5.11 Å². The fraction of sp³-hybridized carbons (Fsp3) is 0.467. The van der Waals surface area contributed by atoms with Crippen LogP contribution < -0.4 is 0 Å². The highest BCUT2D eigenvalue weighted by Gasteiger charge is 2.17. The Labute approximate surface area is 118 Å².